The van der Waals surface area contributed by atoms with Crippen LogP contribution in [0.2, 0.25) is 0 Å². The fraction of sp³-hybridized carbons (Fsp3) is 0.333. The van der Waals surface area contributed by atoms with E-state index in [1.165, 1.54) is 0 Å². The van der Waals surface area contributed by atoms with Gasteiger partial charge < -0.3 is 20.7 Å². The molecular weight excluding hydrogens is 366 g/mol. The van der Waals surface area contributed by atoms with E-state index in [1.807, 2.05) is 38.2 Å². The van der Waals surface area contributed by atoms with Crippen molar-refractivity contribution in [3.63, 3.8) is 0 Å². The van der Waals surface area contributed by atoms with Gasteiger partial charge in [-0.2, -0.15) is 10.4 Å². The normalized spacial score (nSPS) is 15.2. The number of hydrogen-bond donors (Lipinski definition) is 2. The van der Waals surface area contributed by atoms with E-state index in [9.17, 15) is 5.26 Å². The van der Waals surface area contributed by atoms with Gasteiger partial charge in [-0.05, 0) is 43.2 Å². The van der Waals surface area contributed by atoms with Crippen molar-refractivity contribution in [2.75, 3.05) is 36.5 Å². The molecule has 3 heterocycles. The first-order valence-corrected chi connectivity index (χ1v) is 9.54. The molecule has 29 heavy (non-hydrogen) atoms. The zero-order valence-electron chi connectivity index (χ0n) is 16.5. The molecule has 1 aliphatic rings. The van der Waals surface area contributed by atoms with Gasteiger partial charge in [-0.3, -0.25) is 0 Å². The Labute approximate surface area is 169 Å². The summed E-state index contributed by atoms with van der Waals surface area (Å²) in [4.78, 5) is 6.81. The Morgan fingerprint density at radius 3 is 2.69 bits per heavy atom. The van der Waals surface area contributed by atoms with Crippen molar-refractivity contribution in [1.29, 1.82) is 5.26 Å². The molecule has 0 unspecified atom stereocenters. The molecule has 0 amide bonds. The molecule has 8 heteroatoms. The Kier molecular flexibility index (Phi) is 5.25. The molecule has 0 saturated carbocycles. The summed E-state index contributed by atoms with van der Waals surface area (Å²) < 4.78 is 5.44. The smallest absolute Gasteiger partial charge is 0.158 e. The first kappa shape index (κ1) is 19.1. The predicted octanol–water partition coefficient (Wildman–Crippen LogP) is 2.42. The molecule has 1 fully saturated rings. The number of nitriles is 1. The molecule has 3 N–H and O–H groups in total. The monoisotopic (exact) mass is 389 g/mol. The summed E-state index contributed by atoms with van der Waals surface area (Å²) in [5.41, 5.74) is 9.59. The van der Waals surface area contributed by atoms with Gasteiger partial charge in [0.25, 0.3) is 0 Å². The lowest BCUT2D eigenvalue weighted by atomic mass is 10.1. The van der Waals surface area contributed by atoms with Gasteiger partial charge in [0.15, 0.2) is 5.82 Å². The van der Waals surface area contributed by atoms with E-state index >= 15 is 0 Å². The van der Waals surface area contributed by atoms with Crippen LogP contribution in [0, 0.1) is 25.2 Å². The highest BCUT2D eigenvalue weighted by atomic mass is 16.5. The summed E-state index contributed by atoms with van der Waals surface area (Å²) in [5, 5.41) is 22.9. The van der Waals surface area contributed by atoms with Gasteiger partial charge in [-0.1, -0.05) is 6.07 Å². The average molecular weight is 389 g/mol. The summed E-state index contributed by atoms with van der Waals surface area (Å²) in [5.74, 6) is 1.47. The minimum atomic E-state index is -0.526. The van der Waals surface area contributed by atoms with Gasteiger partial charge in [0.05, 0.1) is 30.5 Å². The van der Waals surface area contributed by atoms with E-state index in [4.69, 9.17) is 10.5 Å². The minimum absolute atomic E-state index is 0.526. The van der Waals surface area contributed by atoms with Gasteiger partial charge >= 0.3 is 0 Å². The molecule has 0 spiro atoms. The van der Waals surface area contributed by atoms with E-state index in [0.29, 0.717) is 24.6 Å². The van der Waals surface area contributed by atoms with Crippen molar-refractivity contribution in [3.05, 3.63) is 52.8 Å². The van der Waals surface area contributed by atoms with Gasteiger partial charge in [-0.15, -0.1) is 5.10 Å². The van der Waals surface area contributed by atoms with Crippen LogP contribution in [-0.4, -0.2) is 41.5 Å². The number of hydrogen-bond acceptors (Lipinski definition) is 8. The van der Waals surface area contributed by atoms with Gasteiger partial charge in [0.1, 0.15) is 12.0 Å². The van der Waals surface area contributed by atoms with Crippen LogP contribution in [0.25, 0.3) is 10.8 Å². The van der Waals surface area contributed by atoms with E-state index in [0.717, 1.165) is 46.5 Å². The van der Waals surface area contributed by atoms with E-state index in [-0.39, 0.29) is 0 Å². The SMILES string of the molecule is Cc1cc(C#N)cc([C@@H](N)Nc2nnc(C)c3cnc(N4CCOCC4)cc23)c1. The van der Waals surface area contributed by atoms with Crippen LogP contribution < -0.4 is 16.0 Å². The largest absolute Gasteiger partial charge is 0.378 e. The van der Waals surface area contributed by atoms with Crippen LogP contribution in [0.15, 0.2) is 30.5 Å². The molecular formula is C21H23N7O. The molecule has 1 atom stereocenters. The van der Waals surface area contributed by atoms with E-state index in [1.54, 1.807) is 6.07 Å². The highest BCUT2D eigenvalue weighted by Gasteiger charge is 2.17. The molecule has 1 aliphatic heterocycles. The number of aryl methyl sites for hydroxylation is 2. The van der Waals surface area contributed by atoms with Gasteiger partial charge in [0.2, 0.25) is 0 Å². The molecule has 2 aromatic heterocycles. The number of nitrogens with zero attached hydrogens (tertiary/aromatic N) is 5. The number of rotatable bonds is 4. The van der Waals surface area contributed by atoms with E-state index < -0.39 is 6.17 Å². The number of benzene rings is 1. The molecule has 1 saturated heterocycles. The van der Waals surface area contributed by atoms with Crippen molar-refractivity contribution in [1.82, 2.24) is 15.2 Å². The van der Waals surface area contributed by atoms with E-state index in [2.05, 4.69) is 31.5 Å². The fourth-order valence-corrected chi connectivity index (χ4v) is 3.52. The topological polar surface area (TPSA) is 113 Å². The third-order valence-electron chi connectivity index (χ3n) is 5.05. The summed E-state index contributed by atoms with van der Waals surface area (Å²) in [6, 6.07) is 9.77. The second kappa shape index (κ2) is 7.99. The quantitative estimate of drug-likeness (QED) is 0.654. The zero-order valence-corrected chi connectivity index (χ0v) is 16.5. The molecule has 3 aromatic rings. The van der Waals surface area contributed by atoms with Crippen LogP contribution >= 0.6 is 0 Å². The predicted molar refractivity (Wildman–Crippen MR) is 112 cm³/mol. The highest BCUT2D eigenvalue weighted by Crippen LogP contribution is 2.28. The minimum Gasteiger partial charge on any atom is -0.378 e. The van der Waals surface area contributed by atoms with Crippen molar-refractivity contribution < 1.29 is 4.74 Å². The van der Waals surface area contributed by atoms with Crippen molar-refractivity contribution in [2.24, 2.45) is 5.73 Å². The maximum Gasteiger partial charge on any atom is 0.158 e. The number of nitrogens with two attached hydrogens (primary N) is 1. The molecule has 0 radical (unpaired) electrons. The van der Waals surface area contributed by atoms with Crippen LogP contribution in [0.4, 0.5) is 11.6 Å². The summed E-state index contributed by atoms with van der Waals surface area (Å²) in [6.07, 6.45) is 1.31. The number of nitrogens with one attached hydrogen (secondary N) is 1. The molecule has 0 aliphatic carbocycles. The van der Waals surface area contributed by atoms with Gasteiger partial charge in [0, 0.05) is 30.1 Å². The summed E-state index contributed by atoms with van der Waals surface area (Å²) >= 11 is 0. The highest BCUT2D eigenvalue weighted by molar-refractivity contribution is 5.94. The number of aromatic nitrogens is 3. The third-order valence-corrected chi connectivity index (χ3v) is 5.05. The average Bonchev–Trinajstić information content (AvgIpc) is 2.75. The first-order valence-electron chi connectivity index (χ1n) is 9.54. The summed E-state index contributed by atoms with van der Waals surface area (Å²) in [6.45, 7) is 6.85. The molecule has 0 bridgehead atoms. The third kappa shape index (κ3) is 3.97. The van der Waals surface area contributed by atoms with Crippen LogP contribution in [0.1, 0.15) is 28.6 Å². The van der Waals surface area contributed by atoms with Crippen molar-refractivity contribution in [2.45, 2.75) is 20.0 Å². The Bertz CT molecular complexity index is 1090. The Morgan fingerprint density at radius 2 is 1.93 bits per heavy atom. The summed E-state index contributed by atoms with van der Waals surface area (Å²) in [7, 11) is 0. The lowest BCUT2D eigenvalue weighted by Gasteiger charge is -2.28. The van der Waals surface area contributed by atoms with Gasteiger partial charge in [-0.25, -0.2) is 4.98 Å². The lowest BCUT2D eigenvalue weighted by Crippen LogP contribution is -2.36. The second-order valence-corrected chi connectivity index (χ2v) is 7.19. The zero-order chi connectivity index (χ0) is 20.4. The standard InChI is InChI=1S/C21H23N7O/c1-13-7-15(11-22)9-16(8-13)20(23)25-21-17-10-19(28-3-5-29-6-4-28)24-12-18(17)14(2)26-27-21/h7-10,12,20H,3-6,23H2,1-2H3,(H,25,27)/t20-/m0/s1. The Morgan fingerprint density at radius 1 is 1.14 bits per heavy atom. The molecule has 4 rings (SSSR count). The molecule has 1 aromatic carbocycles. The Balaban J connectivity index is 1.70. The number of morpholine rings is 1. The maximum atomic E-state index is 9.23. The second-order valence-electron chi connectivity index (χ2n) is 7.19. The molecule has 8 nitrogen and oxygen atoms in total. The fourth-order valence-electron chi connectivity index (χ4n) is 3.52. The van der Waals surface area contributed by atoms with Crippen LogP contribution in [0.5, 0.6) is 0 Å². The van der Waals surface area contributed by atoms with Crippen LogP contribution in [-0.2, 0) is 4.74 Å². The first-order chi connectivity index (χ1) is 14.0. The van der Waals surface area contributed by atoms with Crippen molar-refractivity contribution in [3.8, 4) is 6.07 Å². The number of pyridine rings is 1. The number of anilines is 2. The number of ether oxygens (including phenoxy) is 1. The Hall–Kier alpha value is -3.28. The lowest BCUT2D eigenvalue weighted by molar-refractivity contribution is 0.122. The number of fused-ring (bicyclic) bond motifs is 1. The maximum absolute atomic E-state index is 9.23. The van der Waals surface area contributed by atoms with Crippen molar-refractivity contribution >= 4 is 22.4 Å². The molecule has 148 valence electrons. The van der Waals surface area contributed by atoms with Crippen LogP contribution in [0.3, 0.4) is 0 Å².